The van der Waals surface area contributed by atoms with Gasteiger partial charge in [-0.1, -0.05) is 23.7 Å². The summed E-state index contributed by atoms with van der Waals surface area (Å²) >= 11 is 5.87. The molecular formula is C23H21ClN2O6S. The van der Waals surface area contributed by atoms with E-state index in [0.717, 1.165) is 5.56 Å². The van der Waals surface area contributed by atoms with Crippen molar-refractivity contribution in [1.29, 1.82) is 0 Å². The molecule has 0 fully saturated rings. The first-order valence-electron chi connectivity index (χ1n) is 9.99. The summed E-state index contributed by atoms with van der Waals surface area (Å²) < 4.78 is 44.7. The summed E-state index contributed by atoms with van der Waals surface area (Å²) in [7, 11) is -2.61. The van der Waals surface area contributed by atoms with Crippen LogP contribution in [0, 0.1) is 0 Å². The van der Waals surface area contributed by atoms with Gasteiger partial charge >= 0.3 is 0 Å². The maximum atomic E-state index is 13.0. The minimum absolute atomic E-state index is 0.0519. The van der Waals surface area contributed by atoms with Crippen LogP contribution in [0.1, 0.15) is 15.9 Å². The third-order valence-corrected chi connectivity index (χ3v) is 6.57. The Hall–Kier alpha value is -3.27. The van der Waals surface area contributed by atoms with Crippen molar-refractivity contribution in [3.8, 4) is 17.2 Å². The number of hydrogen-bond acceptors (Lipinski definition) is 6. The van der Waals surface area contributed by atoms with Gasteiger partial charge in [0.25, 0.3) is 5.91 Å². The van der Waals surface area contributed by atoms with Crippen LogP contribution in [0.4, 0.5) is 5.69 Å². The lowest BCUT2D eigenvalue weighted by Crippen LogP contribution is -2.24. The van der Waals surface area contributed by atoms with Gasteiger partial charge in [-0.3, -0.25) is 4.79 Å². The predicted molar refractivity (Wildman–Crippen MR) is 124 cm³/mol. The molecule has 172 valence electrons. The summed E-state index contributed by atoms with van der Waals surface area (Å²) in [6.45, 7) is 0.942. The number of carbonyl (C=O) groups is 1. The molecule has 1 amide bonds. The van der Waals surface area contributed by atoms with Crippen LogP contribution in [0.25, 0.3) is 0 Å². The van der Waals surface area contributed by atoms with E-state index in [9.17, 15) is 13.2 Å². The molecule has 0 unspecified atom stereocenters. The van der Waals surface area contributed by atoms with Crippen molar-refractivity contribution in [1.82, 2.24) is 4.72 Å². The Balaban J connectivity index is 1.54. The van der Waals surface area contributed by atoms with Gasteiger partial charge in [-0.2, -0.15) is 0 Å². The minimum Gasteiger partial charge on any atom is -0.495 e. The zero-order valence-corrected chi connectivity index (χ0v) is 19.2. The average Bonchev–Trinajstić information content (AvgIpc) is 2.83. The van der Waals surface area contributed by atoms with Crippen molar-refractivity contribution in [2.24, 2.45) is 0 Å². The number of halogens is 1. The summed E-state index contributed by atoms with van der Waals surface area (Å²) in [5.41, 5.74) is 1.37. The van der Waals surface area contributed by atoms with Crippen LogP contribution in [-0.4, -0.2) is 34.6 Å². The number of carbonyl (C=O) groups excluding carboxylic acids is 1. The molecule has 0 radical (unpaired) electrons. The van der Waals surface area contributed by atoms with Crippen molar-refractivity contribution in [2.45, 2.75) is 11.4 Å². The predicted octanol–water partition coefficient (Wildman–Crippen LogP) is 3.85. The standard InChI is InChI=1S/C23H21ClN2O6S/c1-30-20-8-4-16(23(27)26-18-7-9-19-21(13-18)32-11-10-31-19)12-22(20)33(28,29)25-14-15-2-5-17(24)6-3-15/h2-9,12-13,25H,10-11,14H2,1H3,(H,26,27). The maximum absolute atomic E-state index is 13.0. The Labute approximate surface area is 196 Å². The number of ether oxygens (including phenoxy) is 3. The molecule has 1 aliphatic rings. The molecule has 8 nitrogen and oxygen atoms in total. The topological polar surface area (TPSA) is 103 Å². The smallest absolute Gasteiger partial charge is 0.255 e. The lowest BCUT2D eigenvalue weighted by molar-refractivity contribution is 0.102. The molecule has 33 heavy (non-hydrogen) atoms. The first-order chi connectivity index (χ1) is 15.9. The Morgan fingerprint density at radius 3 is 2.45 bits per heavy atom. The largest absolute Gasteiger partial charge is 0.495 e. The molecule has 10 heteroatoms. The molecule has 0 atom stereocenters. The van der Waals surface area contributed by atoms with Gasteiger partial charge in [-0.25, -0.2) is 13.1 Å². The number of fused-ring (bicyclic) bond motifs is 1. The van der Waals surface area contributed by atoms with Crippen molar-refractivity contribution in [3.05, 3.63) is 76.8 Å². The van der Waals surface area contributed by atoms with E-state index in [1.807, 2.05) is 0 Å². The van der Waals surface area contributed by atoms with Gasteiger partial charge in [0.1, 0.15) is 23.9 Å². The van der Waals surface area contributed by atoms with Crippen molar-refractivity contribution in [2.75, 3.05) is 25.6 Å². The molecule has 0 saturated carbocycles. The van der Waals surface area contributed by atoms with Crippen molar-refractivity contribution < 1.29 is 27.4 Å². The zero-order chi connectivity index (χ0) is 23.4. The number of anilines is 1. The minimum atomic E-state index is -3.98. The molecule has 0 aromatic heterocycles. The maximum Gasteiger partial charge on any atom is 0.255 e. The van der Waals surface area contributed by atoms with Crippen LogP contribution in [0.3, 0.4) is 0 Å². The second-order valence-electron chi connectivity index (χ2n) is 7.13. The highest BCUT2D eigenvalue weighted by atomic mass is 35.5. The number of benzene rings is 3. The summed E-state index contributed by atoms with van der Waals surface area (Å²) in [5, 5.41) is 3.30. The van der Waals surface area contributed by atoms with E-state index in [1.54, 1.807) is 42.5 Å². The van der Waals surface area contributed by atoms with Crippen LogP contribution >= 0.6 is 11.6 Å². The summed E-state index contributed by atoms with van der Waals surface area (Å²) in [6.07, 6.45) is 0. The summed E-state index contributed by atoms with van der Waals surface area (Å²) in [5.74, 6) is 0.769. The first-order valence-corrected chi connectivity index (χ1v) is 11.8. The highest BCUT2D eigenvalue weighted by Gasteiger charge is 2.22. The molecule has 3 aromatic rings. The average molecular weight is 489 g/mol. The fourth-order valence-corrected chi connectivity index (χ4v) is 4.55. The number of amides is 1. The summed E-state index contributed by atoms with van der Waals surface area (Å²) in [6, 6.07) is 16.0. The highest BCUT2D eigenvalue weighted by Crippen LogP contribution is 2.33. The Kier molecular flexibility index (Phi) is 6.73. The molecule has 1 aliphatic heterocycles. The number of sulfonamides is 1. The zero-order valence-electron chi connectivity index (χ0n) is 17.6. The molecule has 0 spiro atoms. The SMILES string of the molecule is COc1ccc(C(=O)Nc2ccc3c(c2)OCCO3)cc1S(=O)(=O)NCc1ccc(Cl)cc1. The van der Waals surface area contributed by atoms with E-state index >= 15 is 0 Å². The molecule has 2 N–H and O–H groups in total. The van der Waals surface area contributed by atoms with Crippen molar-refractivity contribution >= 4 is 33.2 Å². The van der Waals surface area contributed by atoms with Gasteiger partial charge < -0.3 is 19.5 Å². The van der Waals surface area contributed by atoms with Crippen LogP contribution in [0.2, 0.25) is 5.02 Å². The van der Waals surface area contributed by atoms with Crippen LogP contribution in [0.15, 0.2) is 65.6 Å². The Morgan fingerprint density at radius 2 is 1.73 bits per heavy atom. The number of rotatable bonds is 7. The van der Waals surface area contributed by atoms with Gasteiger partial charge in [0.05, 0.1) is 7.11 Å². The lowest BCUT2D eigenvalue weighted by Gasteiger charge is -2.19. The van der Waals surface area contributed by atoms with E-state index in [2.05, 4.69) is 10.0 Å². The molecule has 3 aromatic carbocycles. The normalized spacial score (nSPS) is 12.8. The van der Waals surface area contributed by atoms with Gasteiger partial charge in [0, 0.05) is 28.9 Å². The Morgan fingerprint density at radius 1 is 1.00 bits per heavy atom. The van der Waals surface area contributed by atoms with Crippen LogP contribution in [-0.2, 0) is 16.6 Å². The van der Waals surface area contributed by atoms with E-state index in [1.165, 1.54) is 25.3 Å². The van der Waals surface area contributed by atoms with Crippen molar-refractivity contribution in [3.63, 3.8) is 0 Å². The van der Waals surface area contributed by atoms with E-state index in [0.29, 0.717) is 35.4 Å². The number of nitrogens with one attached hydrogen (secondary N) is 2. The molecule has 0 bridgehead atoms. The first kappa shape index (κ1) is 22.9. The molecule has 0 aliphatic carbocycles. The number of hydrogen-bond donors (Lipinski definition) is 2. The second kappa shape index (κ2) is 9.70. The number of methoxy groups -OCH3 is 1. The van der Waals surface area contributed by atoms with Gasteiger partial charge in [0.15, 0.2) is 11.5 Å². The third-order valence-electron chi connectivity index (χ3n) is 4.89. The highest BCUT2D eigenvalue weighted by molar-refractivity contribution is 7.89. The van der Waals surface area contributed by atoms with Crippen LogP contribution in [0.5, 0.6) is 17.2 Å². The van der Waals surface area contributed by atoms with E-state index < -0.39 is 15.9 Å². The molecule has 0 saturated heterocycles. The fraction of sp³-hybridized carbons (Fsp3) is 0.174. The van der Waals surface area contributed by atoms with Gasteiger partial charge in [0.2, 0.25) is 10.0 Å². The monoisotopic (exact) mass is 488 g/mol. The summed E-state index contributed by atoms with van der Waals surface area (Å²) in [4.78, 5) is 12.7. The fourth-order valence-electron chi connectivity index (χ4n) is 3.21. The van der Waals surface area contributed by atoms with Crippen LogP contribution < -0.4 is 24.2 Å². The quantitative estimate of drug-likeness (QED) is 0.523. The second-order valence-corrected chi connectivity index (χ2v) is 9.30. The molecule has 4 rings (SSSR count). The van der Waals surface area contributed by atoms with E-state index in [4.69, 9.17) is 25.8 Å². The third kappa shape index (κ3) is 5.39. The molecular weight excluding hydrogens is 468 g/mol. The van der Waals surface area contributed by atoms with Gasteiger partial charge in [-0.05, 0) is 48.0 Å². The van der Waals surface area contributed by atoms with Gasteiger partial charge in [-0.15, -0.1) is 0 Å². The molecule has 1 heterocycles. The van der Waals surface area contributed by atoms with E-state index in [-0.39, 0.29) is 22.8 Å². The Bertz CT molecular complexity index is 1280. The lowest BCUT2D eigenvalue weighted by atomic mass is 10.2.